The van der Waals surface area contributed by atoms with Crippen molar-refractivity contribution < 1.29 is 9.50 Å². The molecule has 3 heteroatoms. The lowest BCUT2D eigenvalue weighted by molar-refractivity contribution is 0.199. The van der Waals surface area contributed by atoms with Crippen molar-refractivity contribution >= 4 is 5.69 Å². The summed E-state index contributed by atoms with van der Waals surface area (Å²) in [7, 11) is 0. The van der Waals surface area contributed by atoms with E-state index in [1.165, 1.54) is 6.07 Å². The zero-order valence-electron chi connectivity index (χ0n) is 8.91. The second kappa shape index (κ2) is 4.19. The number of halogens is 1. The zero-order valence-corrected chi connectivity index (χ0v) is 8.91. The number of benzene rings is 1. The van der Waals surface area contributed by atoms with Gasteiger partial charge in [0.25, 0.3) is 0 Å². The summed E-state index contributed by atoms with van der Waals surface area (Å²) in [6, 6.07) is 4.99. The van der Waals surface area contributed by atoms with Crippen LogP contribution in [-0.4, -0.2) is 18.2 Å². The molecule has 1 aliphatic rings. The van der Waals surface area contributed by atoms with Crippen LogP contribution >= 0.6 is 0 Å². The van der Waals surface area contributed by atoms with Crippen LogP contribution in [0.3, 0.4) is 0 Å². The van der Waals surface area contributed by atoms with Gasteiger partial charge in [-0.15, -0.1) is 0 Å². The first kappa shape index (κ1) is 10.4. The van der Waals surface area contributed by atoms with E-state index in [0.717, 1.165) is 25.9 Å². The molecule has 1 saturated heterocycles. The lowest BCUT2D eigenvalue weighted by Crippen LogP contribution is -2.19. The number of aliphatic hydroxyl groups is 1. The average Bonchev–Trinajstić information content (AvgIpc) is 2.70. The second-order valence-corrected chi connectivity index (χ2v) is 4.08. The Balaban J connectivity index is 2.25. The summed E-state index contributed by atoms with van der Waals surface area (Å²) in [5.41, 5.74) is 1.30. The fraction of sp³-hybridized carbons (Fsp3) is 0.500. The lowest BCUT2D eigenvalue weighted by atomic mass is 10.1. The Morgan fingerprint density at radius 1 is 1.33 bits per heavy atom. The number of hydrogen-bond donors (Lipinski definition) is 1. The van der Waals surface area contributed by atoms with Gasteiger partial charge in [-0.1, -0.05) is 6.07 Å². The van der Waals surface area contributed by atoms with Gasteiger partial charge in [-0.05, 0) is 37.5 Å². The molecular formula is C12H16FNO. The van der Waals surface area contributed by atoms with E-state index < -0.39 is 6.10 Å². The highest BCUT2D eigenvalue weighted by Crippen LogP contribution is 2.26. The third kappa shape index (κ3) is 2.12. The van der Waals surface area contributed by atoms with Gasteiger partial charge >= 0.3 is 0 Å². The number of aliphatic hydroxyl groups excluding tert-OH is 1. The Morgan fingerprint density at radius 3 is 2.53 bits per heavy atom. The van der Waals surface area contributed by atoms with Crippen molar-refractivity contribution in [2.45, 2.75) is 25.9 Å². The maximum Gasteiger partial charge on any atom is 0.146 e. The van der Waals surface area contributed by atoms with E-state index in [1.807, 2.05) is 0 Å². The van der Waals surface area contributed by atoms with E-state index in [4.69, 9.17) is 0 Å². The minimum absolute atomic E-state index is 0.227. The molecule has 1 N–H and O–H groups in total. The van der Waals surface area contributed by atoms with Gasteiger partial charge in [0.2, 0.25) is 0 Å². The first-order valence-electron chi connectivity index (χ1n) is 5.41. The highest BCUT2D eigenvalue weighted by molar-refractivity contribution is 5.50. The molecule has 1 aromatic carbocycles. The molecule has 0 unspecified atom stereocenters. The molecule has 82 valence electrons. The molecule has 15 heavy (non-hydrogen) atoms. The summed E-state index contributed by atoms with van der Waals surface area (Å²) in [6.07, 6.45) is 1.67. The van der Waals surface area contributed by atoms with Gasteiger partial charge in [-0.3, -0.25) is 0 Å². The van der Waals surface area contributed by atoms with Crippen molar-refractivity contribution in [1.82, 2.24) is 0 Å². The zero-order chi connectivity index (χ0) is 10.8. The minimum Gasteiger partial charge on any atom is -0.389 e. The largest absolute Gasteiger partial charge is 0.389 e. The van der Waals surface area contributed by atoms with Crippen LogP contribution in [-0.2, 0) is 0 Å². The molecule has 0 aliphatic carbocycles. The summed E-state index contributed by atoms with van der Waals surface area (Å²) in [6.45, 7) is 3.51. The number of nitrogens with zero attached hydrogens (tertiary/aromatic N) is 1. The number of anilines is 1. The average molecular weight is 209 g/mol. The van der Waals surface area contributed by atoms with Crippen molar-refractivity contribution in [1.29, 1.82) is 0 Å². The third-order valence-electron chi connectivity index (χ3n) is 2.90. The van der Waals surface area contributed by atoms with E-state index in [-0.39, 0.29) is 5.82 Å². The van der Waals surface area contributed by atoms with Crippen LogP contribution in [0.4, 0.5) is 10.1 Å². The molecule has 1 atom stereocenters. The summed E-state index contributed by atoms with van der Waals surface area (Å²) in [5.74, 6) is -0.227. The Labute approximate surface area is 89.3 Å². The molecule has 0 spiro atoms. The molecule has 1 fully saturated rings. The SMILES string of the molecule is C[C@@H](O)c1ccc(N2CCCC2)c(F)c1. The molecule has 1 aromatic rings. The molecule has 0 aromatic heterocycles. The standard InChI is InChI=1S/C12H16FNO/c1-9(15)10-4-5-12(11(13)8-10)14-6-2-3-7-14/h4-5,8-9,15H,2-3,6-7H2,1H3/t9-/m1/s1. The van der Waals surface area contributed by atoms with Crippen LogP contribution in [0.1, 0.15) is 31.4 Å². The van der Waals surface area contributed by atoms with Crippen LogP contribution in [0.2, 0.25) is 0 Å². The Kier molecular flexibility index (Phi) is 2.91. The highest BCUT2D eigenvalue weighted by Gasteiger charge is 2.16. The summed E-state index contributed by atoms with van der Waals surface area (Å²) in [5, 5.41) is 9.32. The Morgan fingerprint density at radius 2 is 2.00 bits per heavy atom. The van der Waals surface area contributed by atoms with Gasteiger partial charge in [0, 0.05) is 13.1 Å². The predicted octanol–water partition coefficient (Wildman–Crippen LogP) is 2.48. The molecule has 0 amide bonds. The lowest BCUT2D eigenvalue weighted by Gasteiger charge is -2.19. The summed E-state index contributed by atoms with van der Waals surface area (Å²) < 4.78 is 13.7. The van der Waals surface area contributed by atoms with Crippen LogP contribution < -0.4 is 4.90 Å². The number of rotatable bonds is 2. The molecule has 0 radical (unpaired) electrons. The minimum atomic E-state index is -0.605. The first-order chi connectivity index (χ1) is 7.18. The maximum atomic E-state index is 13.7. The second-order valence-electron chi connectivity index (χ2n) is 4.08. The predicted molar refractivity (Wildman–Crippen MR) is 58.5 cm³/mol. The fourth-order valence-electron chi connectivity index (χ4n) is 2.00. The van der Waals surface area contributed by atoms with Crippen molar-refractivity contribution in [3.05, 3.63) is 29.6 Å². The van der Waals surface area contributed by atoms with Crippen LogP contribution in [0, 0.1) is 5.82 Å². The fourth-order valence-corrected chi connectivity index (χ4v) is 2.00. The summed E-state index contributed by atoms with van der Waals surface area (Å²) >= 11 is 0. The van der Waals surface area contributed by atoms with E-state index in [1.54, 1.807) is 19.1 Å². The van der Waals surface area contributed by atoms with E-state index in [0.29, 0.717) is 11.3 Å². The van der Waals surface area contributed by atoms with E-state index >= 15 is 0 Å². The maximum absolute atomic E-state index is 13.7. The molecule has 0 bridgehead atoms. The van der Waals surface area contributed by atoms with E-state index in [9.17, 15) is 9.50 Å². The topological polar surface area (TPSA) is 23.5 Å². The highest BCUT2D eigenvalue weighted by atomic mass is 19.1. The van der Waals surface area contributed by atoms with Crippen molar-refractivity contribution in [2.75, 3.05) is 18.0 Å². The van der Waals surface area contributed by atoms with Gasteiger partial charge in [-0.2, -0.15) is 0 Å². The molecular weight excluding hydrogens is 193 g/mol. The van der Waals surface area contributed by atoms with Gasteiger partial charge in [0.15, 0.2) is 0 Å². The van der Waals surface area contributed by atoms with Gasteiger partial charge in [0.05, 0.1) is 11.8 Å². The van der Waals surface area contributed by atoms with Gasteiger partial charge in [0.1, 0.15) is 5.82 Å². The van der Waals surface area contributed by atoms with Crippen molar-refractivity contribution in [3.63, 3.8) is 0 Å². The van der Waals surface area contributed by atoms with Crippen LogP contribution in [0.15, 0.2) is 18.2 Å². The monoisotopic (exact) mass is 209 g/mol. The normalized spacial score (nSPS) is 18.2. The third-order valence-corrected chi connectivity index (χ3v) is 2.90. The summed E-state index contributed by atoms with van der Waals surface area (Å²) in [4.78, 5) is 2.06. The van der Waals surface area contributed by atoms with Crippen LogP contribution in [0.5, 0.6) is 0 Å². The van der Waals surface area contributed by atoms with E-state index in [2.05, 4.69) is 4.90 Å². The van der Waals surface area contributed by atoms with Gasteiger partial charge in [-0.25, -0.2) is 4.39 Å². The van der Waals surface area contributed by atoms with Crippen molar-refractivity contribution in [2.24, 2.45) is 0 Å². The molecule has 0 saturated carbocycles. The quantitative estimate of drug-likeness (QED) is 0.808. The van der Waals surface area contributed by atoms with Crippen LogP contribution in [0.25, 0.3) is 0 Å². The smallest absolute Gasteiger partial charge is 0.146 e. The molecule has 2 rings (SSSR count). The molecule has 2 nitrogen and oxygen atoms in total. The molecule has 1 heterocycles. The Bertz CT molecular complexity index is 345. The number of hydrogen-bond acceptors (Lipinski definition) is 2. The first-order valence-corrected chi connectivity index (χ1v) is 5.41. The molecule has 1 aliphatic heterocycles. The van der Waals surface area contributed by atoms with Gasteiger partial charge < -0.3 is 10.0 Å². The van der Waals surface area contributed by atoms with Crippen molar-refractivity contribution in [3.8, 4) is 0 Å². The Hall–Kier alpha value is -1.09.